The molecule has 1 rings (SSSR count). The largest absolute Gasteiger partial charge is 0.335 e. The second-order valence-corrected chi connectivity index (χ2v) is 1.94. The second kappa shape index (κ2) is 1.94. The molecule has 0 spiro atoms. The fraction of sp³-hybridized carbons (Fsp3) is 0.286. The number of rotatable bonds is 0. The van der Waals surface area contributed by atoms with Crippen molar-refractivity contribution >= 4 is 0 Å². The van der Waals surface area contributed by atoms with E-state index in [1.165, 1.54) is 0 Å². The van der Waals surface area contributed by atoms with Crippen molar-refractivity contribution in [1.29, 1.82) is 0 Å². The highest BCUT2D eigenvalue weighted by atomic mass is 14.9. The minimum atomic E-state index is 0.616. The minimum absolute atomic E-state index is 0.616. The Morgan fingerprint density at radius 3 is 2.44 bits per heavy atom. The third kappa shape index (κ3) is 0.945. The van der Waals surface area contributed by atoms with E-state index < -0.39 is 0 Å². The number of H-pyrrole nitrogens is 1. The second-order valence-electron chi connectivity index (χ2n) is 1.94. The van der Waals surface area contributed by atoms with Crippen molar-refractivity contribution in [3.8, 4) is 12.3 Å². The van der Waals surface area contributed by atoms with E-state index in [0.29, 0.717) is 5.82 Å². The molecule has 0 atom stereocenters. The van der Waals surface area contributed by atoms with Gasteiger partial charge in [0.05, 0.1) is 5.69 Å². The number of aromatic amines is 1. The van der Waals surface area contributed by atoms with Crippen LogP contribution in [0.15, 0.2) is 0 Å². The first-order chi connectivity index (χ1) is 4.24. The SMILES string of the molecule is C#Cc1nc(C)c(C)[nH]1. The fourth-order valence-corrected chi connectivity index (χ4v) is 0.616. The predicted octanol–water partition coefficient (Wildman–Crippen LogP) is 1.01. The molecule has 0 saturated carbocycles. The van der Waals surface area contributed by atoms with Crippen molar-refractivity contribution in [2.45, 2.75) is 13.8 Å². The number of nitrogens with zero attached hydrogens (tertiary/aromatic N) is 1. The van der Waals surface area contributed by atoms with Gasteiger partial charge in [-0.25, -0.2) is 4.98 Å². The lowest BCUT2D eigenvalue weighted by Crippen LogP contribution is -1.73. The van der Waals surface area contributed by atoms with Crippen molar-refractivity contribution in [2.24, 2.45) is 0 Å². The van der Waals surface area contributed by atoms with Gasteiger partial charge in [-0.2, -0.15) is 0 Å². The highest BCUT2D eigenvalue weighted by Crippen LogP contribution is 2.00. The molecule has 1 aromatic rings. The number of aryl methyl sites for hydroxylation is 2. The Morgan fingerprint density at radius 2 is 2.22 bits per heavy atom. The smallest absolute Gasteiger partial charge is 0.182 e. The minimum Gasteiger partial charge on any atom is -0.335 e. The standard InChI is InChI=1S/C7H8N2/c1-4-7-8-5(2)6(3)9-7/h1H,2-3H3,(H,8,9). The summed E-state index contributed by atoms with van der Waals surface area (Å²) in [5.74, 6) is 3.04. The van der Waals surface area contributed by atoms with Gasteiger partial charge in [0.15, 0.2) is 5.82 Å². The molecule has 9 heavy (non-hydrogen) atoms. The van der Waals surface area contributed by atoms with Gasteiger partial charge < -0.3 is 4.98 Å². The first-order valence-electron chi connectivity index (χ1n) is 2.74. The summed E-state index contributed by atoms with van der Waals surface area (Å²) in [6.07, 6.45) is 5.09. The molecule has 0 aliphatic carbocycles. The fourth-order valence-electron chi connectivity index (χ4n) is 0.616. The first kappa shape index (κ1) is 5.90. The first-order valence-corrected chi connectivity index (χ1v) is 2.74. The van der Waals surface area contributed by atoms with Crippen LogP contribution >= 0.6 is 0 Å². The van der Waals surface area contributed by atoms with Crippen LogP contribution in [0, 0.1) is 26.2 Å². The van der Waals surface area contributed by atoms with Crippen LogP contribution in [0.5, 0.6) is 0 Å². The Labute approximate surface area is 54.3 Å². The van der Waals surface area contributed by atoms with Gasteiger partial charge in [0.25, 0.3) is 0 Å². The molecule has 46 valence electrons. The van der Waals surface area contributed by atoms with E-state index >= 15 is 0 Å². The van der Waals surface area contributed by atoms with E-state index in [9.17, 15) is 0 Å². The van der Waals surface area contributed by atoms with Gasteiger partial charge in [0.2, 0.25) is 0 Å². The van der Waals surface area contributed by atoms with Crippen LogP contribution in [-0.2, 0) is 0 Å². The van der Waals surface area contributed by atoms with Crippen LogP contribution in [-0.4, -0.2) is 9.97 Å². The average molecular weight is 120 g/mol. The molecule has 0 aliphatic heterocycles. The molecule has 1 N–H and O–H groups in total. The van der Waals surface area contributed by atoms with Crippen molar-refractivity contribution in [1.82, 2.24) is 9.97 Å². The molecule has 2 heteroatoms. The maximum Gasteiger partial charge on any atom is 0.182 e. The highest BCUT2D eigenvalue weighted by molar-refractivity contribution is 5.22. The monoisotopic (exact) mass is 120 g/mol. The summed E-state index contributed by atoms with van der Waals surface area (Å²) in [7, 11) is 0. The van der Waals surface area contributed by atoms with Crippen molar-refractivity contribution in [3.63, 3.8) is 0 Å². The molecule has 0 saturated heterocycles. The van der Waals surface area contributed by atoms with Crippen molar-refractivity contribution in [3.05, 3.63) is 17.2 Å². The lowest BCUT2D eigenvalue weighted by molar-refractivity contribution is 1.21. The van der Waals surface area contributed by atoms with E-state index in [1.807, 2.05) is 13.8 Å². The Morgan fingerprint density at radius 1 is 1.56 bits per heavy atom. The average Bonchev–Trinajstić information content (AvgIpc) is 2.13. The summed E-state index contributed by atoms with van der Waals surface area (Å²) < 4.78 is 0. The third-order valence-corrected chi connectivity index (χ3v) is 1.26. The normalized spacial score (nSPS) is 9.00. The third-order valence-electron chi connectivity index (χ3n) is 1.26. The van der Waals surface area contributed by atoms with E-state index in [1.54, 1.807) is 0 Å². The number of aromatic nitrogens is 2. The number of hydrogen-bond donors (Lipinski definition) is 1. The zero-order valence-electron chi connectivity index (χ0n) is 5.52. The van der Waals surface area contributed by atoms with Crippen LogP contribution in [0.25, 0.3) is 0 Å². The number of imidazole rings is 1. The van der Waals surface area contributed by atoms with Crippen molar-refractivity contribution < 1.29 is 0 Å². The quantitative estimate of drug-likeness (QED) is 0.508. The molecule has 0 amide bonds. The van der Waals surface area contributed by atoms with Gasteiger partial charge in [0.1, 0.15) is 0 Å². The molecule has 1 aromatic heterocycles. The maximum atomic E-state index is 5.09. The molecular weight excluding hydrogens is 112 g/mol. The molecule has 0 fully saturated rings. The molecular formula is C7H8N2. The van der Waals surface area contributed by atoms with Crippen molar-refractivity contribution in [2.75, 3.05) is 0 Å². The zero-order chi connectivity index (χ0) is 6.85. The maximum absolute atomic E-state index is 5.09. The number of nitrogens with one attached hydrogen (secondary N) is 1. The van der Waals surface area contributed by atoms with E-state index in [0.717, 1.165) is 11.4 Å². The highest BCUT2D eigenvalue weighted by Gasteiger charge is 1.96. The topological polar surface area (TPSA) is 28.7 Å². The Hall–Kier alpha value is -1.23. The van der Waals surface area contributed by atoms with Gasteiger partial charge in [-0.1, -0.05) is 0 Å². The predicted molar refractivity (Wildman–Crippen MR) is 36.0 cm³/mol. The summed E-state index contributed by atoms with van der Waals surface area (Å²) in [4.78, 5) is 6.98. The number of hydrogen-bond acceptors (Lipinski definition) is 1. The van der Waals surface area contributed by atoms with E-state index in [2.05, 4.69) is 15.9 Å². The Balaban J connectivity index is 3.16. The summed E-state index contributed by atoms with van der Waals surface area (Å²) >= 11 is 0. The van der Waals surface area contributed by atoms with Gasteiger partial charge in [0, 0.05) is 5.69 Å². The van der Waals surface area contributed by atoms with E-state index in [-0.39, 0.29) is 0 Å². The number of terminal acetylenes is 1. The Bertz CT molecular complexity index is 233. The summed E-state index contributed by atoms with van der Waals surface area (Å²) in [6.45, 7) is 3.87. The van der Waals surface area contributed by atoms with Crippen LogP contribution in [0.4, 0.5) is 0 Å². The molecule has 0 radical (unpaired) electrons. The molecule has 0 aromatic carbocycles. The zero-order valence-corrected chi connectivity index (χ0v) is 5.52. The van der Waals surface area contributed by atoms with Gasteiger partial charge in [-0.3, -0.25) is 0 Å². The van der Waals surface area contributed by atoms with Crippen LogP contribution < -0.4 is 0 Å². The molecule has 0 aliphatic rings. The Kier molecular flexibility index (Phi) is 1.27. The van der Waals surface area contributed by atoms with Gasteiger partial charge >= 0.3 is 0 Å². The van der Waals surface area contributed by atoms with Crippen LogP contribution in [0.2, 0.25) is 0 Å². The van der Waals surface area contributed by atoms with Crippen LogP contribution in [0.3, 0.4) is 0 Å². The lowest BCUT2D eigenvalue weighted by atomic mass is 10.4. The molecule has 0 bridgehead atoms. The van der Waals surface area contributed by atoms with Gasteiger partial charge in [-0.15, -0.1) is 6.42 Å². The van der Waals surface area contributed by atoms with Crippen LogP contribution in [0.1, 0.15) is 17.2 Å². The van der Waals surface area contributed by atoms with Gasteiger partial charge in [-0.05, 0) is 19.8 Å². The summed E-state index contributed by atoms with van der Waals surface area (Å²) in [6, 6.07) is 0. The summed E-state index contributed by atoms with van der Waals surface area (Å²) in [5.41, 5.74) is 2.02. The van der Waals surface area contributed by atoms with E-state index in [4.69, 9.17) is 6.42 Å². The lowest BCUT2D eigenvalue weighted by Gasteiger charge is -1.78. The molecule has 1 heterocycles. The molecule has 0 unspecified atom stereocenters. The summed E-state index contributed by atoms with van der Waals surface area (Å²) in [5, 5.41) is 0. The molecule has 2 nitrogen and oxygen atoms in total.